The molecule has 1 fully saturated rings. The third kappa shape index (κ3) is 7.52. The van der Waals surface area contributed by atoms with E-state index in [0.717, 1.165) is 27.5 Å². The minimum Gasteiger partial charge on any atom is -0.457 e. The Kier molecular flexibility index (Phi) is 11.3. The van der Waals surface area contributed by atoms with Gasteiger partial charge in [-0.25, -0.2) is 19.6 Å². The SMILES string of the molecule is C=CCOC(=O)Nc1nc(/C(=N/OC)C(=O)N[C@@H]2C(=O)N3C(C(=O)OCC=C)=C(c4csc(C(c5ccccc5)c5cccnc5)n4)CC[C@H]23)cs1. The molecule has 52 heavy (non-hydrogen) atoms. The number of oxime groups is 1. The summed E-state index contributed by atoms with van der Waals surface area (Å²) in [5.41, 5.74) is 3.08. The molecule has 3 amide bonds. The third-order valence-electron chi connectivity index (χ3n) is 8.16. The van der Waals surface area contributed by atoms with Gasteiger partial charge in [-0.2, -0.15) is 0 Å². The molecule has 6 rings (SSSR count). The topological polar surface area (TPSA) is 174 Å². The zero-order valence-electron chi connectivity index (χ0n) is 27.9. The molecule has 0 radical (unpaired) electrons. The number of nitrogens with zero attached hydrogens (tertiary/aromatic N) is 5. The van der Waals surface area contributed by atoms with Crippen molar-refractivity contribution in [3.8, 4) is 0 Å². The van der Waals surface area contributed by atoms with E-state index in [9.17, 15) is 19.2 Å². The number of allylic oxidation sites excluding steroid dienone is 1. The van der Waals surface area contributed by atoms with E-state index < -0.39 is 36.0 Å². The fourth-order valence-corrected chi connectivity index (χ4v) is 7.60. The second-order valence-corrected chi connectivity index (χ2v) is 13.1. The number of carbonyl (C=O) groups is 4. The average molecular weight is 740 g/mol. The first-order chi connectivity index (χ1) is 25.3. The van der Waals surface area contributed by atoms with E-state index in [4.69, 9.17) is 19.3 Å². The summed E-state index contributed by atoms with van der Waals surface area (Å²) < 4.78 is 10.4. The van der Waals surface area contributed by atoms with Crippen LogP contribution in [0.15, 0.2) is 102 Å². The van der Waals surface area contributed by atoms with E-state index in [1.807, 2.05) is 54.0 Å². The highest BCUT2D eigenvalue weighted by atomic mass is 32.1. The Bertz CT molecular complexity index is 2010. The van der Waals surface area contributed by atoms with Crippen molar-refractivity contribution in [3.63, 3.8) is 0 Å². The van der Waals surface area contributed by atoms with Crippen molar-refractivity contribution in [3.05, 3.63) is 124 Å². The number of nitrogens with one attached hydrogen (secondary N) is 2. The van der Waals surface area contributed by atoms with Gasteiger partial charge in [0.05, 0.1) is 17.7 Å². The van der Waals surface area contributed by atoms with E-state index in [1.54, 1.807) is 6.20 Å². The van der Waals surface area contributed by atoms with Crippen molar-refractivity contribution in [2.24, 2.45) is 5.16 Å². The number of fused-ring (bicyclic) bond motifs is 1. The fourth-order valence-electron chi connectivity index (χ4n) is 5.94. The number of esters is 1. The van der Waals surface area contributed by atoms with Gasteiger partial charge in [0.2, 0.25) is 0 Å². The van der Waals surface area contributed by atoms with E-state index in [-0.39, 0.29) is 41.4 Å². The summed E-state index contributed by atoms with van der Waals surface area (Å²) in [6.45, 7) is 7.07. The summed E-state index contributed by atoms with van der Waals surface area (Å²) in [6.07, 6.45) is 6.45. The summed E-state index contributed by atoms with van der Waals surface area (Å²) in [6, 6.07) is 12.3. The normalized spacial score (nSPS) is 17.3. The number of ether oxygens (including phenoxy) is 2. The van der Waals surface area contributed by atoms with Gasteiger partial charge < -0.3 is 19.6 Å². The molecule has 2 N–H and O–H groups in total. The van der Waals surface area contributed by atoms with E-state index in [2.05, 4.69) is 38.9 Å². The van der Waals surface area contributed by atoms with Crippen LogP contribution in [-0.2, 0) is 28.7 Å². The molecule has 2 aliphatic rings. The average Bonchev–Trinajstić information content (AvgIpc) is 3.84. The van der Waals surface area contributed by atoms with Crippen LogP contribution in [0.1, 0.15) is 46.3 Å². The van der Waals surface area contributed by atoms with E-state index in [1.165, 1.54) is 40.9 Å². The van der Waals surface area contributed by atoms with Crippen LogP contribution in [0.3, 0.4) is 0 Å². The lowest BCUT2D eigenvalue weighted by atomic mass is 9.82. The van der Waals surface area contributed by atoms with Crippen LogP contribution in [0, 0.1) is 0 Å². The molecule has 0 saturated carbocycles. The van der Waals surface area contributed by atoms with Gasteiger partial charge in [0.25, 0.3) is 11.8 Å². The molecule has 4 aromatic rings. The van der Waals surface area contributed by atoms with Crippen molar-refractivity contribution < 1.29 is 33.5 Å². The van der Waals surface area contributed by atoms with Gasteiger partial charge in [-0.3, -0.25) is 24.8 Å². The summed E-state index contributed by atoms with van der Waals surface area (Å²) in [4.78, 5) is 72.6. The van der Waals surface area contributed by atoms with Gasteiger partial charge in [0, 0.05) is 28.7 Å². The minimum absolute atomic E-state index is 0.00649. The number of benzene rings is 1. The molecule has 3 atom stereocenters. The maximum atomic E-state index is 13.8. The van der Waals surface area contributed by atoms with Gasteiger partial charge in [-0.1, -0.05) is 66.9 Å². The fraction of sp³-hybridized carbons (Fsp3) is 0.222. The maximum Gasteiger partial charge on any atom is 0.413 e. The predicted molar refractivity (Wildman–Crippen MR) is 194 cm³/mol. The van der Waals surface area contributed by atoms with Gasteiger partial charge >= 0.3 is 12.1 Å². The number of hydrogen-bond acceptors (Lipinski definition) is 13. The van der Waals surface area contributed by atoms with Crippen LogP contribution in [0.2, 0.25) is 0 Å². The van der Waals surface area contributed by atoms with Crippen LogP contribution >= 0.6 is 22.7 Å². The number of carbonyl (C=O) groups excluding carboxylic acids is 4. The lowest BCUT2D eigenvalue weighted by Gasteiger charge is -2.50. The Morgan fingerprint density at radius 2 is 1.81 bits per heavy atom. The van der Waals surface area contributed by atoms with Crippen LogP contribution < -0.4 is 10.6 Å². The van der Waals surface area contributed by atoms with Gasteiger partial charge in [-0.15, -0.1) is 22.7 Å². The second-order valence-electron chi connectivity index (χ2n) is 11.4. The lowest BCUT2D eigenvalue weighted by molar-refractivity contribution is -0.156. The number of β-lactam (4-membered cyclic amide) rings is 1. The smallest absolute Gasteiger partial charge is 0.413 e. The highest BCUT2D eigenvalue weighted by molar-refractivity contribution is 7.14. The number of anilines is 1. The second kappa shape index (κ2) is 16.3. The van der Waals surface area contributed by atoms with Crippen molar-refractivity contribution >= 4 is 63.0 Å². The first-order valence-corrected chi connectivity index (χ1v) is 17.8. The molecule has 266 valence electrons. The molecule has 1 saturated heterocycles. The summed E-state index contributed by atoms with van der Waals surface area (Å²) in [5, 5.41) is 13.3. The third-order valence-corrected chi connectivity index (χ3v) is 9.83. The molecule has 1 aromatic carbocycles. The molecule has 0 aliphatic carbocycles. The highest BCUT2D eigenvalue weighted by Gasteiger charge is 2.54. The standard InChI is InChI=1S/C36H33N7O7S2/c1-4-16-49-34(46)30-23(24-19-51-32(38-24)27(21-10-7-6-8-11-21)22-12-9-15-37-18-22)13-14-26-29(33(45)43(26)30)40-31(44)28(42-48-3)25-20-52-35(39-25)41-36(47)50-17-5-2/h4-12,15,18-20,26-27,29H,1-2,13-14,16-17H2,3H3,(H,40,44)(H,39,41,47)/b42-28-/t26-,27?,29+/m1/s1. The number of thiazole rings is 2. The van der Waals surface area contributed by atoms with Crippen LogP contribution in [0.5, 0.6) is 0 Å². The Morgan fingerprint density at radius 3 is 2.54 bits per heavy atom. The molecule has 2 aliphatic heterocycles. The van der Waals surface area contributed by atoms with Crippen LogP contribution in [-0.4, -0.2) is 81.8 Å². The largest absolute Gasteiger partial charge is 0.457 e. The molecule has 14 nitrogen and oxygen atoms in total. The zero-order chi connectivity index (χ0) is 36.6. The van der Waals surface area contributed by atoms with Gasteiger partial charge in [0.1, 0.15) is 42.8 Å². The quantitative estimate of drug-likeness (QED) is 0.0596. The highest BCUT2D eigenvalue weighted by Crippen LogP contribution is 2.42. The molecule has 5 heterocycles. The lowest BCUT2D eigenvalue weighted by Crippen LogP contribution is -2.72. The first kappa shape index (κ1) is 35.8. The minimum atomic E-state index is -0.970. The van der Waals surface area contributed by atoms with Gasteiger partial charge in [0.15, 0.2) is 10.8 Å². The van der Waals surface area contributed by atoms with Crippen LogP contribution in [0.25, 0.3) is 5.57 Å². The Hall–Kier alpha value is -6.00. The van der Waals surface area contributed by atoms with Crippen molar-refractivity contribution in [2.45, 2.75) is 30.8 Å². The Balaban J connectivity index is 1.25. The number of hydrogen-bond donors (Lipinski definition) is 2. The Labute approximate surface area is 306 Å². The molecular formula is C36H33N7O7S2. The summed E-state index contributed by atoms with van der Waals surface area (Å²) in [5.74, 6) is -2.14. The molecular weight excluding hydrogens is 707 g/mol. The van der Waals surface area contributed by atoms with E-state index in [0.29, 0.717) is 24.1 Å². The first-order valence-electron chi connectivity index (χ1n) is 16.0. The predicted octanol–water partition coefficient (Wildman–Crippen LogP) is 4.89. The summed E-state index contributed by atoms with van der Waals surface area (Å²) in [7, 11) is 1.26. The molecule has 3 aromatic heterocycles. The number of pyridine rings is 1. The van der Waals surface area contributed by atoms with Crippen molar-refractivity contribution in [1.82, 2.24) is 25.2 Å². The number of amides is 3. The monoisotopic (exact) mass is 739 g/mol. The van der Waals surface area contributed by atoms with Crippen molar-refractivity contribution in [1.29, 1.82) is 0 Å². The molecule has 1 unspecified atom stereocenters. The molecule has 0 bridgehead atoms. The van der Waals surface area contributed by atoms with Gasteiger partial charge in [-0.05, 0) is 30.0 Å². The van der Waals surface area contributed by atoms with Crippen LogP contribution in [0.4, 0.5) is 9.93 Å². The molecule has 0 spiro atoms. The zero-order valence-corrected chi connectivity index (χ0v) is 29.5. The maximum absolute atomic E-state index is 13.8. The number of aromatic nitrogens is 3. The Morgan fingerprint density at radius 1 is 1.04 bits per heavy atom. The molecule has 16 heteroatoms. The summed E-state index contributed by atoms with van der Waals surface area (Å²) >= 11 is 2.49. The van der Waals surface area contributed by atoms with Crippen molar-refractivity contribution in [2.75, 3.05) is 25.6 Å². The number of rotatable bonds is 14. The van der Waals surface area contributed by atoms with E-state index >= 15 is 0 Å².